The summed E-state index contributed by atoms with van der Waals surface area (Å²) in [6.45, 7) is 4.63. The number of fused-ring (bicyclic) bond motifs is 3. The van der Waals surface area contributed by atoms with Crippen LogP contribution < -0.4 is 5.32 Å². The minimum atomic E-state index is 0.501. The number of hydrogen-bond donors (Lipinski definition) is 1. The highest BCUT2D eigenvalue weighted by Crippen LogP contribution is 2.36. The highest BCUT2D eigenvalue weighted by Gasteiger charge is 2.19. The SMILES string of the molecule is Cc1nnc2oc3c(NCc4ccc(C5CCC5)cc4)ncnc3c2c1C. The third-order valence-electron chi connectivity index (χ3n) is 5.68. The zero-order valence-corrected chi connectivity index (χ0v) is 15.5. The normalized spacial score (nSPS) is 14.6. The van der Waals surface area contributed by atoms with E-state index >= 15 is 0 Å². The fourth-order valence-corrected chi connectivity index (χ4v) is 3.64. The summed E-state index contributed by atoms with van der Waals surface area (Å²) < 4.78 is 5.92. The second-order valence-electron chi connectivity index (χ2n) is 7.32. The molecule has 0 bridgehead atoms. The molecule has 3 heterocycles. The van der Waals surface area contributed by atoms with E-state index in [1.165, 1.54) is 30.4 Å². The molecule has 1 fully saturated rings. The quantitative estimate of drug-likeness (QED) is 0.571. The lowest BCUT2D eigenvalue weighted by atomic mass is 9.80. The molecule has 0 unspecified atom stereocenters. The van der Waals surface area contributed by atoms with Gasteiger partial charge in [0.1, 0.15) is 11.8 Å². The predicted octanol–water partition coefficient (Wildman–Crippen LogP) is 4.66. The lowest BCUT2D eigenvalue weighted by molar-refractivity contribution is 0.419. The van der Waals surface area contributed by atoms with Gasteiger partial charge in [0.25, 0.3) is 0 Å². The van der Waals surface area contributed by atoms with Crippen LogP contribution in [0.5, 0.6) is 0 Å². The summed E-state index contributed by atoms with van der Waals surface area (Å²) in [7, 11) is 0. The molecule has 0 atom stereocenters. The Morgan fingerprint density at radius 3 is 2.63 bits per heavy atom. The molecule has 5 rings (SSSR count). The Bertz CT molecular complexity index is 1130. The number of nitrogens with one attached hydrogen (secondary N) is 1. The number of furan rings is 1. The van der Waals surface area contributed by atoms with Crippen LogP contribution in [-0.2, 0) is 6.54 Å². The average Bonchev–Trinajstić information content (AvgIpc) is 3.03. The Labute approximate surface area is 157 Å². The van der Waals surface area contributed by atoms with Crippen LogP contribution in [0.4, 0.5) is 5.82 Å². The molecule has 1 aliphatic rings. The van der Waals surface area contributed by atoms with Gasteiger partial charge in [0.15, 0.2) is 11.4 Å². The largest absolute Gasteiger partial charge is 0.431 e. The van der Waals surface area contributed by atoms with E-state index in [1.54, 1.807) is 6.33 Å². The van der Waals surface area contributed by atoms with Crippen LogP contribution in [0.1, 0.15) is 47.6 Å². The number of hydrogen-bond acceptors (Lipinski definition) is 6. The third-order valence-corrected chi connectivity index (χ3v) is 5.68. The van der Waals surface area contributed by atoms with Crippen LogP contribution in [0.2, 0.25) is 0 Å². The molecule has 136 valence electrons. The first-order chi connectivity index (χ1) is 13.2. The number of benzene rings is 1. The molecule has 1 aromatic carbocycles. The second kappa shape index (κ2) is 6.30. The molecule has 0 amide bonds. The van der Waals surface area contributed by atoms with Crippen molar-refractivity contribution in [2.45, 2.75) is 45.6 Å². The van der Waals surface area contributed by atoms with E-state index in [9.17, 15) is 0 Å². The number of anilines is 1. The molecule has 6 heteroatoms. The van der Waals surface area contributed by atoms with Crippen molar-refractivity contribution in [2.75, 3.05) is 5.32 Å². The highest BCUT2D eigenvalue weighted by atomic mass is 16.3. The van der Waals surface area contributed by atoms with Crippen LogP contribution in [0, 0.1) is 13.8 Å². The maximum Gasteiger partial charge on any atom is 0.249 e. The zero-order chi connectivity index (χ0) is 18.4. The molecule has 1 saturated carbocycles. The molecule has 0 saturated heterocycles. The predicted molar refractivity (Wildman–Crippen MR) is 105 cm³/mol. The van der Waals surface area contributed by atoms with Crippen molar-refractivity contribution in [3.05, 3.63) is 53.0 Å². The smallest absolute Gasteiger partial charge is 0.249 e. The highest BCUT2D eigenvalue weighted by molar-refractivity contribution is 6.05. The van der Waals surface area contributed by atoms with E-state index in [-0.39, 0.29) is 0 Å². The summed E-state index contributed by atoms with van der Waals surface area (Å²) in [5, 5.41) is 12.6. The molecule has 0 spiro atoms. The van der Waals surface area contributed by atoms with Gasteiger partial charge in [-0.2, -0.15) is 5.10 Å². The monoisotopic (exact) mass is 359 g/mol. The van der Waals surface area contributed by atoms with Crippen molar-refractivity contribution < 1.29 is 4.42 Å². The Hall–Kier alpha value is -3.02. The molecule has 3 aromatic heterocycles. The number of nitrogens with zero attached hydrogens (tertiary/aromatic N) is 4. The van der Waals surface area contributed by atoms with Crippen molar-refractivity contribution >= 4 is 28.0 Å². The molecule has 6 nitrogen and oxygen atoms in total. The summed E-state index contributed by atoms with van der Waals surface area (Å²) in [6, 6.07) is 8.88. The summed E-state index contributed by atoms with van der Waals surface area (Å²) in [5.74, 6) is 1.44. The summed E-state index contributed by atoms with van der Waals surface area (Å²) in [5.41, 5.74) is 6.49. The van der Waals surface area contributed by atoms with Crippen molar-refractivity contribution in [3.8, 4) is 0 Å². The molecule has 0 aliphatic heterocycles. The van der Waals surface area contributed by atoms with E-state index in [2.05, 4.69) is 49.7 Å². The zero-order valence-electron chi connectivity index (χ0n) is 15.5. The van der Waals surface area contributed by atoms with Gasteiger partial charge in [-0.1, -0.05) is 30.7 Å². The van der Waals surface area contributed by atoms with Crippen molar-refractivity contribution in [3.63, 3.8) is 0 Å². The van der Waals surface area contributed by atoms with Gasteiger partial charge in [0, 0.05) is 6.54 Å². The summed E-state index contributed by atoms with van der Waals surface area (Å²) in [4.78, 5) is 8.79. The Morgan fingerprint density at radius 2 is 1.89 bits per heavy atom. The fourth-order valence-electron chi connectivity index (χ4n) is 3.64. The van der Waals surface area contributed by atoms with Crippen LogP contribution in [0.15, 0.2) is 35.0 Å². The summed E-state index contributed by atoms with van der Waals surface area (Å²) >= 11 is 0. The van der Waals surface area contributed by atoms with Crippen LogP contribution in [-0.4, -0.2) is 20.2 Å². The van der Waals surface area contributed by atoms with E-state index in [4.69, 9.17) is 4.42 Å². The molecule has 1 aliphatic carbocycles. The number of aromatic nitrogens is 4. The fraction of sp³-hybridized carbons (Fsp3) is 0.333. The van der Waals surface area contributed by atoms with E-state index in [1.807, 2.05) is 13.8 Å². The second-order valence-corrected chi connectivity index (χ2v) is 7.32. The number of rotatable bonds is 4. The Balaban J connectivity index is 1.44. The van der Waals surface area contributed by atoms with Gasteiger partial charge in [0.05, 0.1) is 11.1 Å². The minimum Gasteiger partial charge on any atom is -0.431 e. The van der Waals surface area contributed by atoms with Gasteiger partial charge in [-0.15, -0.1) is 5.10 Å². The first kappa shape index (κ1) is 16.2. The topological polar surface area (TPSA) is 76.7 Å². The number of aryl methyl sites for hydroxylation is 2. The molecular formula is C21H21N5O. The van der Waals surface area contributed by atoms with E-state index < -0.39 is 0 Å². The molecule has 4 aromatic rings. The Kier molecular flexibility index (Phi) is 3.77. The van der Waals surface area contributed by atoms with E-state index in [0.29, 0.717) is 23.7 Å². The third kappa shape index (κ3) is 2.72. The molecule has 1 N–H and O–H groups in total. The lowest BCUT2D eigenvalue weighted by Crippen LogP contribution is -2.08. The van der Waals surface area contributed by atoms with Gasteiger partial charge in [0.2, 0.25) is 5.71 Å². The maximum absolute atomic E-state index is 5.92. The Morgan fingerprint density at radius 1 is 1.07 bits per heavy atom. The van der Waals surface area contributed by atoms with Gasteiger partial charge in [-0.25, -0.2) is 9.97 Å². The lowest BCUT2D eigenvalue weighted by Gasteiger charge is -2.25. The van der Waals surface area contributed by atoms with Crippen LogP contribution >= 0.6 is 0 Å². The van der Waals surface area contributed by atoms with E-state index in [0.717, 1.165) is 28.1 Å². The van der Waals surface area contributed by atoms with Crippen molar-refractivity contribution in [2.24, 2.45) is 0 Å². The van der Waals surface area contributed by atoms with Gasteiger partial charge in [-0.05, 0) is 49.3 Å². The first-order valence-corrected chi connectivity index (χ1v) is 9.40. The maximum atomic E-state index is 5.92. The molecular weight excluding hydrogens is 338 g/mol. The summed E-state index contributed by atoms with van der Waals surface area (Å²) in [6.07, 6.45) is 5.57. The van der Waals surface area contributed by atoms with Crippen LogP contribution in [0.25, 0.3) is 22.2 Å². The van der Waals surface area contributed by atoms with Gasteiger partial charge >= 0.3 is 0 Å². The first-order valence-electron chi connectivity index (χ1n) is 9.40. The van der Waals surface area contributed by atoms with Gasteiger partial charge in [-0.3, -0.25) is 0 Å². The average molecular weight is 359 g/mol. The minimum absolute atomic E-state index is 0.501. The molecule has 0 radical (unpaired) electrons. The standard InChI is InChI=1S/C21H21N5O/c1-12-13(2)25-26-21-17(12)18-19(27-21)20(24-11-23-18)22-10-14-6-8-16(9-7-14)15-4-3-5-15/h6-9,11,15H,3-5,10H2,1-2H3,(H,22,23,24). The van der Waals surface area contributed by atoms with Gasteiger partial charge < -0.3 is 9.73 Å². The molecule has 27 heavy (non-hydrogen) atoms. The van der Waals surface area contributed by atoms with Crippen molar-refractivity contribution in [1.29, 1.82) is 0 Å². The van der Waals surface area contributed by atoms with Crippen molar-refractivity contribution in [1.82, 2.24) is 20.2 Å². The van der Waals surface area contributed by atoms with Crippen LogP contribution in [0.3, 0.4) is 0 Å².